The van der Waals surface area contributed by atoms with Crippen molar-refractivity contribution in [2.75, 3.05) is 0 Å². The van der Waals surface area contributed by atoms with Gasteiger partial charge in [-0.3, -0.25) is 4.79 Å². The van der Waals surface area contributed by atoms with E-state index in [1.807, 2.05) is 31.2 Å². The van der Waals surface area contributed by atoms with Gasteiger partial charge in [-0.1, -0.05) is 59.1 Å². The van der Waals surface area contributed by atoms with Crippen LogP contribution in [-0.4, -0.2) is 26.8 Å². The highest BCUT2D eigenvalue weighted by molar-refractivity contribution is 6.34. The van der Waals surface area contributed by atoms with Crippen molar-refractivity contribution in [3.8, 4) is 17.0 Å². The molecule has 0 fully saturated rings. The fourth-order valence-corrected chi connectivity index (χ4v) is 4.77. The van der Waals surface area contributed by atoms with Gasteiger partial charge in [-0.25, -0.2) is 4.79 Å². The van der Waals surface area contributed by atoms with Crippen molar-refractivity contribution in [2.45, 2.75) is 19.7 Å². The van der Waals surface area contributed by atoms with E-state index < -0.39 is 34.2 Å². The van der Waals surface area contributed by atoms with Gasteiger partial charge in [0, 0.05) is 16.0 Å². The Morgan fingerprint density at radius 3 is 2.39 bits per heavy atom. The third kappa shape index (κ3) is 5.64. The maximum absolute atomic E-state index is 13.8. The number of hydrogen-bond donors (Lipinski definition) is 1. The molecular weight excluding hydrogens is 580 g/mol. The van der Waals surface area contributed by atoms with Crippen molar-refractivity contribution in [1.29, 1.82) is 0 Å². The second-order valence-corrected chi connectivity index (χ2v) is 10.0. The van der Waals surface area contributed by atoms with Crippen LogP contribution in [0.1, 0.15) is 37.4 Å². The number of ether oxygens (including phenoxy) is 1. The summed E-state index contributed by atoms with van der Waals surface area (Å²) in [7, 11) is 0. The molecule has 5 rings (SSSR count). The number of benzene rings is 4. The monoisotopic (exact) mass is 598 g/mol. The Hall–Kier alpha value is -4.34. The Balaban J connectivity index is 1.68. The first-order valence-electron chi connectivity index (χ1n) is 12.1. The molecular formula is C30H19Cl2F3N2O4. The molecule has 0 aliphatic heterocycles. The number of aromatic carboxylic acids is 1. The molecule has 0 amide bonds. The molecule has 0 aliphatic carbocycles. The van der Waals surface area contributed by atoms with Gasteiger partial charge >= 0.3 is 12.1 Å². The minimum Gasteiger partial charge on any atom is -0.488 e. The van der Waals surface area contributed by atoms with Crippen LogP contribution >= 0.6 is 23.2 Å². The van der Waals surface area contributed by atoms with Crippen molar-refractivity contribution in [3.05, 3.63) is 117 Å². The average molecular weight is 599 g/mol. The van der Waals surface area contributed by atoms with E-state index in [1.54, 1.807) is 0 Å². The van der Waals surface area contributed by atoms with E-state index in [-0.39, 0.29) is 34.2 Å². The molecule has 0 spiro atoms. The Kier molecular flexibility index (Phi) is 7.50. The summed E-state index contributed by atoms with van der Waals surface area (Å²) in [5.74, 6) is -2.16. The Morgan fingerprint density at radius 2 is 1.71 bits per heavy atom. The summed E-state index contributed by atoms with van der Waals surface area (Å²) in [6.07, 6.45) is -4.85. The van der Waals surface area contributed by atoms with E-state index >= 15 is 0 Å². The van der Waals surface area contributed by atoms with Gasteiger partial charge in [0.05, 0.1) is 27.2 Å². The van der Waals surface area contributed by atoms with Gasteiger partial charge in [0.15, 0.2) is 0 Å². The van der Waals surface area contributed by atoms with Crippen molar-refractivity contribution >= 4 is 46.0 Å². The summed E-state index contributed by atoms with van der Waals surface area (Å²) in [6, 6.07) is 19.1. The summed E-state index contributed by atoms with van der Waals surface area (Å²) in [5, 5.41) is 14.2. The number of alkyl halides is 3. The highest BCUT2D eigenvalue weighted by Gasteiger charge is 2.37. The molecule has 11 heteroatoms. The normalized spacial score (nSPS) is 11.6. The van der Waals surface area contributed by atoms with Crippen molar-refractivity contribution in [2.24, 2.45) is 0 Å². The second kappa shape index (κ2) is 10.9. The third-order valence-corrected chi connectivity index (χ3v) is 6.92. The molecule has 0 radical (unpaired) electrons. The molecule has 5 aromatic rings. The molecule has 1 heterocycles. The van der Waals surface area contributed by atoms with E-state index in [9.17, 15) is 27.9 Å². The van der Waals surface area contributed by atoms with Gasteiger partial charge in [-0.15, -0.1) is 0 Å². The number of halogens is 5. The number of carbonyl (C=O) groups excluding carboxylic acids is 1. The zero-order chi connectivity index (χ0) is 29.5. The minimum absolute atomic E-state index is 0.0589. The lowest BCUT2D eigenvalue weighted by molar-refractivity contribution is -0.137. The van der Waals surface area contributed by atoms with Gasteiger partial charge in [-0.05, 0) is 61.0 Å². The highest BCUT2D eigenvalue weighted by atomic mass is 35.5. The second-order valence-electron chi connectivity index (χ2n) is 9.18. The lowest BCUT2D eigenvalue weighted by Gasteiger charge is -2.13. The zero-order valence-electron chi connectivity index (χ0n) is 21.2. The van der Waals surface area contributed by atoms with Crippen LogP contribution in [0.25, 0.3) is 22.2 Å². The highest BCUT2D eigenvalue weighted by Crippen LogP contribution is 2.39. The maximum Gasteiger partial charge on any atom is 0.417 e. The first-order chi connectivity index (χ1) is 19.4. The number of hydrogen-bond acceptors (Lipinski definition) is 4. The molecule has 208 valence electrons. The van der Waals surface area contributed by atoms with Crippen LogP contribution in [0.15, 0.2) is 78.9 Å². The van der Waals surface area contributed by atoms with Gasteiger partial charge in [0.2, 0.25) is 0 Å². The molecule has 0 saturated carbocycles. The van der Waals surface area contributed by atoms with Gasteiger partial charge in [0.25, 0.3) is 5.91 Å². The number of carbonyl (C=O) groups is 2. The minimum atomic E-state index is -4.85. The maximum atomic E-state index is 13.8. The lowest BCUT2D eigenvalue weighted by Crippen LogP contribution is -2.20. The summed E-state index contributed by atoms with van der Waals surface area (Å²) in [5.41, 5.74) is 0.447. The molecule has 1 N–H and O–H groups in total. The zero-order valence-corrected chi connectivity index (χ0v) is 22.7. The quantitative estimate of drug-likeness (QED) is 0.212. The molecule has 0 bridgehead atoms. The Bertz CT molecular complexity index is 1820. The number of carboxylic acid groups (broad SMARTS) is 1. The smallest absolute Gasteiger partial charge is 0.417 e. The predicted octanol–water partition coefficient (Wildman–Crippen LogP) is 8.30. The lowest BCUT2D eigenvalue weighted by atomic mass is 10.0. The molecule has 41 heavy (non-hydrogen) atoms. The fraction of sp³-hybridized carbons (Fsp3) is 0.100. The summed E-state index contributed by atoms with van der Waals surface area (Å²) < 4.78 is 48.3. The summed E-state index contributed by atoms with van der Waals surface area (Å²) >= 11 is 12.4. The van der Waals surface area contributed by atoms with Crippen LogP contribution in [0.5, 0.6) is 5.75 Å². The molecule has 0 saturated heterocycles. The molecule has 0 aliphatic rings. The summed E-state index contributed by atoms with van der Waals surface area (Å²) in [4.78, 5) is 25.3. The van der Waals surface area contributed by atoms with Crippen molar-refractivity contribution in [1.82, 2.24) is 9.78 Å². The first kappa shape index (κ1) is 28.2. The van der Waals surface area contributed by atoms with E-state index in [0.29, 0.717) is 10.9 Å². The third-order valence-electron chi connectivity index (χ3n) is 6.37. The van der Waals surface area contributed by atoms with Gasteiger partial charge < -0.3 is 9.84 Å². The van der Waals surface area contributed by atoms with Crippen LogP contribution in [0.4, 0.5) is 13.2 Å². The molecule has 0 atom stereocenters. The summed E-state index contributed by atoms with van der Waals surface area (Å²) in [6.45, 7) is 2.02. The molecule has 1 aromatic heterocycles. The van der Waals surface area contributed by atoms with Crippen LogP contribution in [0, 0.1) is 6.92 Å². The van der Waals surface area contributed by atoms with Crippen LogP contribution in [0.3, 0.4) is 0 Å². The fourth-order valence-electron chi connectivity index (χ4n) is 4.34. The SMILES string of the molecule is Cc1ccc(COc2cc(C(=O)O)ccc2-c2nn(C(=O)c3c(Cl)cccc3C(F)(F)F)c3ccc(Cl)cc23)cc1. The Labute approximate surface area is 241 Å². The molecule has 6 nitrogen and oxygen atoms in total. The molecule has 0 unspecified atom stereocenters. The number of aromatic nitrogens is 2. The molecule has 4 aromatic carbocycles. The van der Waals surface area contributed by atoms with Crippen molar-refractivity contribution in [3.63, 3.8) is 0 Å². The number of aryl methyl sites for hydroxylation is 1. The topological polar surface area (TPSA) is 81.4 Å². The van der Waals surface area contributed by atoms with Crippen LogP contribution in [0.2, 0.25) is 10.0 Å². The standard InChI is InChI=1S/C30H19Cl2F3N2O4/c1-16-5-7-17(8-6-16)15-41-25-13-18(29(39)40)9-11-20(25)27-21-14-19(31)10-12-24(21)37(36-27)28(38)26-22(30(33,34)35)3-2-4-23(26)32/h2-14H,15H2,1H3,(H,39,40). The first-order valence-corrected chi connectivity index (χ1v) is 12.8. The van der Waals surface area contributed by atoms with Crippen molar-refractivity contribution < 1.29 is 32.6 Å². The van der Waals surface area contributed by atoms with Crippen LogP contribution in [-0.2, 0) is 12.8 Å². The largest absolute Gasteiger partial charge is 0.488 e. The number of rotatable bonds is 6. The average Bonchev–Trinajstić information content (AvgIpc) is 3.30. The van der Waals surface area contributed by atoms with Gasteiger partial charge in [0.1, 0.15) is 18.1 Å². The van der Waals surface area contributed by atoms with E-state index in [4.69, 9.17) is 27.9 Å². The predicted molar refractivity (Wildman–Crippen MR) is 149 cm³/mol. The van der Waals surface area contributed by atoms with E-state index in [0.717, 1.165) is 27.9 Å². The number of fused-ring (bicyclic) bond motifs is 1. The number of carboxylic acids is 1. The Morgan fingerprint density at radius 1 is 0.976 bits per heavy atom. The van der Waals surface area contributed by atoms with Gasteiger partial charge in [-0.2, -0.15) is 23.0 Å². The number of nitrogens with zero attached hydrogens (tertiary/aromatic N) is 2. The van der Waals surface area contributed by atoms with E-state index in [1.165, 1.54) is 42.5 Å². The van der Waals surface area contributed by atoms with E-state index in [2.05, 4.69) is 5.10 Å². The van der Waals surface area contributed by atoms with Crippen LogP contribution < -0.4 is 4.74 Å².